The number of likely N-dealkylation sites (tertiary alicyclic amines) is 1. The van der Waals surface area contributed by atoms with Gasteiger partial charge in [0.05, 0.1) is 41.4 Å². The number of rotatable bonds is 8. The SMILES string of the molecule is COc1ccc(OC)c(C2C(C(=O)c3sc(C)nc3C)=C(O)C(=O)N2CCN2CCCC2)c1. The van der Waals surface area contributed by atoms with E-state index in [0.717, 1.165) is 30.9 Å². The molecule has 8 nitrogen and oxygen atoms in total. The molecule has 1 N–H and O–H groups in total. The van der Waals surface area contributed by atoms with E-state index in [-0.39, 0.29) is 11.4 Å². The number of aliphatic hydroxyl groups is 1. The highest BCUT2D eigenvalue weighted by atomic mass is 32.1. The molecule has 4 rings (SSSR count). The fourth-order valence-corrected chi connectivity index (χ4v) is 5.49. The number of nitrogens with zero attached hydrogens (tertiary/aromatic N) is 3. The standard InChI is InChI=1S/C24H29N3O5S/c1-14-23(33-15(2)25-14)21(28)19-20(17-13-16(31-3)7-8-18(17)32-4)27(24(30)22(19)29)12-11-26-9-5-6-10-26/h7-8,13,20,29H,5-6,9-12H2,1-4H3. The highest BCUT2D eigenvalue weighted by molar-refractivity contribution is 7.14. The molecule has 0 spiro atoms. The molecule has 3 heterocycles. The molecule has 0 radical (unpaired) electrons. The van der Waals surface area contributed by atoms with Crippen LogP contribution < -0.4 is 9.47 Å². The highest BCUT2D eigenvalue weighted by Crippen LogP contribution is 2.44. The number of hydrogen-bond donors (Lipinski definition) is 1. The van der Waals surface area contributed by atoms with Crippen molar-refractivity contribution in [2.45, 2.75) is 32.7 Å². The minimum atomic E-state index is -0.792. The van der Waals surface area contributed by atoms with Crippen molar-refractivity contribution in [3.05, 3.63) is 50.7 Å². The van der Waals surface area contributed by atoms with Gasteiger partial charge in [-0.15, -0.1) is 11.3 Å². The van der Waals surface area contributed by atoms with E-state index in [9.17, 15) is 14.7 Å². The monoisotopic (exact) mass is 471 g/mol. The lowest BCUT2D eigenvalue weighted by Crippen LogP contribution is -2.38. The number of hydrogen-bond acceptors (Lipinski definition) is 8. The maximum absolute atomic E-state index is 13.7. The molecule has 1 aromatic carbocycles. The van der Waals surface area contributed by atoms with Crippen LogP contribution in [0.3, 0.4) is 0 Å². The molecule has 1 amide bonds. The number of aromatic nitrogens is 1. The van der Waals surface area contributed by atoms with Crippen LogP contribution in [0.1, 0.15) is 44.8 Å². The van der Waals surface area contributed by atoms with Crippen LogP contribution >= 0.6 is 11.3 Å². The summed E-state index contributed by atoms with van der Waals surface area (Å²) in [7, 11) is 3.10. The lowest BCUT2D eigenvalue weighted by atomic mass is 9.94. The molecule has 2 aliphatic heterocycles. The summed E-state index contributed by atoms with van der Waals surface area (Å²) in [5.74, 6) is -0.367. The first-order valence-electron chi connectivity index (χ1n) is 11.0. The summed E-state index contributed by atoms with van der Waals surface area (Å²) >= 11 is 1.26. The number of benzene rings is 1. The number of methoxy groups -OCH3 is 2. The van der Waals surface area contributed by atoms with Gasteiger partial charge in [-0.25, -0.2) is 4.98 Å². The number of amides is 1. The van der Waals surface area contributed by atoms with Gasteiger partial charge in [-0.3, -0.25) is 9.59 Å². The number of carbonyl (C=O) groups is 2. The summed E-state index contributed by atoms with van der Waals surface area (Å²) in [6.45, 7) is 6.61. The van der Waals surface area contributed by atoms with E-state index in [1.54, 1.807) is 44.2 Å². The van der Waals surface area contributed by atoms with Gasteiger partial charge in [0.15, 0.2) is 5.76 Å². The van der Waals surface area contributed by atoms with Crippen molar-refractivity contribution in [1.82, 2.24) is 14.8 Å². The summed E-state index contributed by atoms with van der Waals surface area (Å²) in [5.41, 5.74) is 1.24. The molecule has 0 bridgehead atoms. The van der Waals surface area contributed by atoms with Crippen LogP contribution in [0.15, 0.2) is 29.5 Å². The van der Waals surface area contributed by atoms with Gasteiger partial charge in [0.1, 0.15) is 11.5 Å². The lowest BCUT2D eigenvalue weighted by Gasteiger charge is -2.29. The van der Waals surface area contributed by atoms with Crippen molar-refractivity contribution in [3.8, 4) is 11.5 Å². The van der Waals surface area contributed by atoms with Gasteiger partial charge in [0.25, 0.3) is 5.91 Å². The van der Waals surface area contributed by atoms with Gasteiger partial charge >= 0.3 is 0 Å². The molecule has 2 aliphatic rings. The zero-order valence-electron chi connectivity index (χ0n) is 19.4. The first-order valence-corrected chi connectivity index (χ1v) is 11.8. The summed E-state index contributed by atoms with van der Waals surface area (Å²) in [6, 6.07) is 4.47. The second-order valence-corrected chi connectivity index (χ2v) is 9.50. The summed E-state index contributed by atoms with van der Waals surface area (Å²) in [4.78, 5) is 35.6. The molecule has 33 heavy (non-hydrogen) atoms. The zero-order chi connectivity index (χ0) is 23.7. The zero-order valence-corrected chi connectivity index (χ0v) is 20.2. The molecule has 1 unspecified atom stereocenters. The average Bonchev–Trinajstić information content (AvgIpc) is 3.51. The van der Waals surface area contributed by atoms with Crippen molar-refractivity contribution in [2.24, 2.45) is 0 Å². The van der Waals surface area contributed by atoms with Gasteiger partial charge < -0.3 is 24.4 Å². The Labute approximate surface area is 197 Å². The van der Waals surface area contributed by atoms with Crippen LogP contribution in [0, 0.1) is 13.8 Å². The fourth-order valence-electron chi connectivity index (χ4n) is 4.61. The molecule has 1 aromatic heterocycles. The van der Waals surface area contributed by atoms with E-state index in [1.165, 1.54) is 11.3 Å². The van der Waals surface area contributed by atoms with Gasteiger partial charge in [0, 0.05) is 18.7 Å². The molecule has 1 saturated heterocycles. The topological polar surface area (TPSA) is 92.2 Å². The van der Waals surface area contributed by atoms with Crippen molar-refractivity contribution < 1.29 is 24.2 Å². The number of carbonyl (C=O) groups excluding carboxylic acids is 2. The number of aryl methyl sites for hydroxylation is 2. The molecular weight excluding hydrogens is 442 g/mol. The normalized spacial score (nSPS) is 19.0. The number of Topliss-reactive ketones (excluding diaryl/α,β-unsaturated/α-hetero) is 1. The molecule has 2 aromatic rings. The summed E-state index contributed by atoms with van der Waals surface area (Å²) < 4.78 is 11.0. The van der Waals surface area contributed by atoms with E-state index < -0.39 is 17.7 Å². The quantitative estimate of drug-likeness (QED) is 0.590. The molecular formula is C24H29N3O5S. The molecule has 0 saturated carbocycles. The van der Waals surface area contributed by atoms with Crippen molar-refractivity contribution in [3.63, 3.8) is 0 Å². The van der Waals surface area contributed by atoms with Crippen LogP contribution in [0.25, 0.3) is 0 Å². The van der Waals surface area contributed by atoms with Crippen LogP contribution in [0.4, 0.5) is 0 Å². The number of ketones is 1. The first kappa shape index (κ1) is 23.3. The average molecular weight is 472 g/mol. The number of thiazole rings is 1. The third kappa shape index (κ3) is 4.35. The molecule has 9 heteroatoms. The van der Waals surface area contributed by atoms with Gasteiger partial charge in [-0.1, -0.05) is 0 Å². The largest absolute Gasteiger partial charge is 0.503 e. The molecule has 1 atom stereocenters. The maximum atomic E-state index is 13.7. The molecule has 0 aliphatic carbocycles. The molecule has 176 valence electrons. The summed E-state index contributed by atoms with van der Waals surface area (Å²) in [6.07, 6.45) is 2.27. The van der Waals surface area contributed by atoms with E-state index in [0.29, 0.717) is 40.7 Å². The van der Waals surface area contributed by atoms with Crippen LogP contribution in [0.5, 0.6) is 11.5 Å². The van der Waals surface area contributed by atoms with Crippen LogP contribution in [-0.2, 0) is 4.79 Å². The van der Waals surface area contributed by atoms with Crippen molar-refractivity contribution >= 4 is 23.0 Å². The fraction of sp³-hybridized carbons (Fsp3) is 0.458. The molecule has 1 fully saturated rings. The first-order chi connectivity index (χ1) is 15.8. The van der Waals surface area contributed by atoms with E-state index >= 15 is 0 Å². The second kappa shape index (κ2) is 9.52. The number of ether oxygens (including phenoxy) is 2. The van der Waals surface area contributed by atoms with E-state index in [2.05, 4.69) is 9.88 Å². The Morgan fingerprint density at radius 3 is 2.52 bits per heavy atom. The third-order valence-electron chi connectivity index (χ3n) is 6.25. The Morgan fingerprint density at radius 2 is 1.91 bits per heavy atom. The Bertz CT molecular complexity index is 1100. The predicted molar refractivity (Wildman–Crippen MR) is 125 cm³/mol. The third-order valence-corrected chi connectivity index (χ3v) is 7.32. The number of aliphatic hydroxyl groups excluding tert-OH is 1. The van der Waals surface area contributed by atoms with Gasteiger partial charge in [-0.05, 0) is 58.0 Å². The predicted octanol–water partition coefficient (Wildman–Crippen LogP) is 3.45. The van der Waals surface area contributed by atoms with Crippen LogP contribution in [-0.4, -0.2) is 72.0 Å². The maximum Gasteiger partial charge on any atom is 0.290 e. The Balaban J connectivity index is 1.80. The van der Waals surface area contributed by atoms with E-state index in [1.807, 2.05) is 6.92 Å². The lowest BCUT2D eigenvalue weighted by molar-refractivity contribution is -0.129. The summed E-state index contributed by atoms with van der Waals surface area (Å²) in [5, 5.41) is 11.7. The van der Waals surface area contributed by atoms with Crippen LogP contribution in [0.2, 0.25) is 0 Å². The second-order valence-electron chi connectivity index (χ2n) is 8.30. The highest BCUT2D eigenvalue weighted by Gasteiger charge is 2.45. The Hall–Kier alpha value is -2.91. The van der Waals surface area contributed by atoms with Crippen molar-refractivity contribution in [2.75, 3.05) is 40.4 Å². The Kier molecular flexibility index (Phi) is 6.71. The minimum Gasteiger partial charge on any atom is -0.503 e. The van der Waals surface area contributed by atoms with E-state index in [4.69, 9.17) is 9.47 Å². The van der Waals surface area contributed by atoms with Gasteiger partial charge in [0.2, 0.25) is 5.78 Å². The van der Waals surface area contributed by atoms with Crippen molar-refractivity contribution in [1.29, 1.82) is 0 Å². The Morgan fingerprint density at radius 1 is 1.18 bits per heavy atom. The smallest absolute Gasteiger partial charge is 0.290 e. The van der Waals surface area contributed by atoms with Gasteiger partial charge in [-0.2, -0.15) is 0 Å². The minimum absolute atomic E-state index is 0.0553.